The van der Waals surface area contributed by atoms with Crippen molar-refractivity contribution >= 4 is 17.2 Å². The van der Waals surface area contributed by atoms with Crippen LogP contribution >= 0.6 is 0 Å². The maximum Gasteiger partial charge on any atom is 0.258 e. The molecule has 80 valence electrons. The highest BCUT2D eigenvalue weighted by Gasteiger charge is 2.28. The predicted octanol–water partition coefficient (Wildman–Crippen LogP) is 2.20. The van der Waals surface area contributed by atoms with Crippen molar-refractivity contribution in [1.82, 2.24) is 4.90 Å². The second-order valence-corrected chi connectivity index (χ2v) is 4.02. The molecule has 3 nitrogen and oxygen atoms in total. The molecule has 2 aliphatic heterocycles. The number of amides is 1. The average Bonchev–Trinajstić information content (AvgIpc) is 2.81. The number of rotatable bonds is 0. The summed E-state index contributed by atoms with van der Waals surface area (Å²) < 4.78 is 0. The first-order valence-electron chi connectivity index (χ1n) is 5.31. The van der Waals surface area contributed by atoms with Gasteiger partial charge < -0.3 is 10.2 Å². The van der Waals surface area contributed by atoms with Crippen LogP contribution in [0.3, 0.4) is 0 Å². The van der Waals surface area contributed by atoms with Gasteiger partial charge in [-0.3, -0.25) is 4.79 Å². The van der Waals surface area contributed by atoms with Gasteiger partial charge in [0.15, 0.2) is 0 Å². The van der Waals surface area contributed by atoms with Crippen LogP contribution in [0.5, 0.6) is 0 Å². The highest BCUT2D eigenvalue weighted by molar-refractivity contribution is 6.32. The summed E-state index contributed by atoms with van der Waals surface area (Å²) >= 11 is 0. The second-order valence-electron chi connectivity index (χ2n) is 4.02. The maximum atomic E-state index is 11.9. The van der Waals surface area contributed by atoms with E-state index in [-0.39, 0.29) is 5.91 Å². The molecule has 0 atom stereocenters. The Hall–Kier alpha value is -2.03. The molecule has 0 saturated heterocycles. The summed E-state index contributed by atoms with van der Waals surface area (Å²) in [6, 6.07) is 7.82. The van der Waals surface area contributed by atoms with Crippen LogP contribution in [0.25, 0.3) is 5.57 Å². The first-order chi connectivity index (χ1) is 7.77. The molecule has 1 N–H and O–H groups in total. The van der Waals surface area contributed by atoms with E-state index in [1.54, 1.807) is 0 Å². The van der Waals surface area contributed by atoms with Crippen LogP contribution in [-0.2, 0) is 4.79 Å². The predicted molar refractivity (Wildman–Crippen MR) is 63.5 cm³/mol. The molecular formula is C13H12N2O. The number of nitrogens with zero attached hydrogens (tertiary/aromatic N) is 1. The van der Waals surface area contributed by atoms with E-state index in [0.29, 0.717) is 0 Å². The Morgan fingerprint density at radius 3 is 2.88 bits per heavy atom. The lowest BCUT2D eigenvalue weighted by Crippen LogP contribution is -2.12. The number of allylic oxidation sites excluding steroid dienone is 1. The number of anilines is 1. The molecule has 0 aromatic heterocycles. The van der Waals surface area contributed by atoms with Gasteiger partial charge >= 0.3 is 0 Å². The third-order valence-electron chi connectivity index (χ3n) is 3.03. The fourth-order valence-corrected chi connectivity index (χ4v) is 2.24. The normalized spacial score (nSPS) is 22.6. The summed E-state index contributed by atoms with van der Waals surface area (Å²) in [7, 11) is 1.97. The minimum absolute atomic E-state index is 0.00625. The van der Waals surface area contributed by atoms with Crippen LogP contribution in [0.4, 0.5) is 5.69 Å². The lowest BCUT2D eigenvalue weighted by molar-refractivity contribution is -0.110. The molecule has 3 heteroatoms. The van der Waals surface area contributed by atoms with Gasteiger partial charge in [-0.05, 0) is 12.3 Å². The van der Waals surface area contributed by atoms with Gasteiger partial charge in [-0.15, -0.1) is 0 Å². The SMILES string of the molecule is CN1C=CCC1=C1C(=O)Nc2ccccc21. The fourth-order valence-electron chi connectivity index (χ4n) is 2.24. The smallest absolute Gasteiger partial charge is 0.258 e. The Morgan fingerprint density at radius 1 is 1.31 bits per heavy atom. The number of carbonyl (C=O) groups excluding carboxylic acids is 1. The van der Waals surface area contributed by atoms with Gasteiger partial charge in [-0.25, -0.2) is 0 Å². The second kappa shape index (κ2) is 3.23. The topological polar surface area (TPSA) is 32.3 Å². The zero-order chi connectivity index (χ0) is 11.1. The van der Waals surface area contributed by atoms with E-state index < -0.39 is 0 Å². The fraction of sp³-hybridized carbons (Fsp3) is 0.154. The van der Waals surface area contributed by atoms with E-state index in [0.717, 1.165) is 28.9 Å². The highest BCUT2D eigenvalue weighted by Crippen LogP contribution is 2.36. The number of nitrogens with one attached hydrogen (secondary N) is 1. The first-order valence-corrected chi connectivity index (χ1v) is 5.31. The van der Waals surface area contributed by atoms with E-state index in [1.165, 1.54) is 0 Å². The van der Waals surface area contributed by atoms with Crippen LogP contribution in [0.15, 0.2) is 42.2 Å². The van der Waals surface area contributed by atoms with Crippen LogP contribution in [0, 0.1) is 0 Å². The lowest BCUT2D eigenvalue weighted by Gasteiger charge is -2.13. The van der Waals surface area contributed by atoms with Crippen LogP contribution < -0.4 is 5.32 Å². The lowest BCUT2D eigenvalue weighted by atomic mass is 10.0. The molecule has 1 aromatic rings. The molecule has 0 unspecified atom stereocenters. The van der Waals surface area contributed by atoms with E-state index in [9.17, 15) is 4.79 Å². The summed E-state index contributed by atoms with van der Waals surface area (Å²) in [4.78, 5) is 14.0. The number of fused-ring (bicyclic) bond motifs is 1. The monoisotopic (exact) mass is 212 g/mol. The van der Waals surface area contributed by atoms with Gasteiger partial charge in [0.05, 0.1) is 5.57 Å². The molecule has 0 spiro atoms. The quantitative estimate of drug-likeness (QED) is 0.669. The van der Waals surface area contributed by atoms with Gasteiger partial charge in [0, 0.05) is 30.4 Å². The molecule has 0 fully saturated rings. The summed E-state index contributed by atoms with van der Waals surface area (Å²) in [5.74, 6) is 0.00625. The van der Waals surface area contributed by atoms with Gasteiger partial charge in [-0.2, -0.15) is 0 Å². The Kier molecular flexibility index (Phi) is 1.86. The third-order valence-corrected chi connectivity index (χ3v) is 3.03. The average molecular weight is 212 g/mol. The molecule has 2 aliphatic rings. The number of carbonyl (C=O) groups is 1. The highest BCUT2D eigenvalue weighted by atomic mass is 16.2. The van der Waals surface area contributed by atoms with Crippen molar-refractivity contribution in [3.8, 4) is 0 Å². The van der Waals surface area contributed by atoms with Gasteiger partial charge in [0.1, 0.15) is 0 Å². The summed E-state index contributed by atoms with van der Waals surface area (Å²) in [5.41, 5.74) is 3.80. The van der Waals surface area contributed by atoms with E-state index in [2.05, 4.69) is 11.4 Å². The molecule has 1 amide bonds. The minimum atomic E-state index is 0.00625. The Morgan fingerprint density at radius 2 is 2.12 bits per heavy atom. The molecule has 0 radical (unpaired) electrons. The number of para-hydroxylation sites is 1. The van der Waals surface area contributed by atoms with Crippen molar-refractivity contribution in [2.45, 2.75) is 6.42 Å². The largest absolute Gasteiger partial charge is 0.354 e. The van der Waals surface area contributed by atoms with Crippen molar-refractivity contribution in [1.29, 1.82) is 0 Å². The molecule has 1 aromatic carbocycles. The van der Waals surface area contributed by atoms with E-state index in [1.807, 2.05) is 42.4 Å². The van der Waals surface area contributed by atoms with Crippen molar-refractivity contribution in [3.05, 3.63) is 47.8 Å². The Labute approximate surface area is 94.1 Å². The molecule has 0 saturated carbocycles. The molecule has 16 heavy (non-hydrogen) atoms. The number of hydrogen-bond acceptors (Lipinski definition) is 2. The molecular weight excluding hydrogens is 200 g/mol. The van der Waals surface area contributed by atoms with Crippen LogP contribution in [0.1, 0.15) is 12.0 Å². The van der Waals surface area contributed by atoms with Crippen LogP contribution in [-0.4, -0.2) is 17.9 Å². The van der Waals surface area contributed by atoms with Crippen LogP contribution in [0.2, 0.25) is 0 Å². The summed E-state index contributed by atoms with van der Waals surface area (Å²) in [6.07, 6.45) is 4.89. The summed E-state index contributed by atoms with van der Waals surface area (Å²) in [5, 5.41) is 2.89. The minimum Gasteiger partial charge on any atom is -0.354 e. The van der Waals surface area contributed by atoms with Gasteiger partial charge in [-0.1, -0.05) is 24.3 Å². The Balaban J connectivity index is 2.19. The molecule has 0 bridgehead atoms. The maximum absolute atomic E-state index is 11.9. The zero-order valence-corrected chi connectivity index (χ0v) is 9.03. The van der Waals surface area contributed by atoms with Crippen molar-refractivity contribution < 1.29 is 4.79 Å². The zero-order valence-electron chi connectivity index (χ0n) is 9.03. The number of benzene rings is 1. The Bertz CT molecular complexity index is 528. The molecule has 0 aliphatic carbocycles. The van der Waals surface area contributed by atoms with Crippen molar-refractivity contribution in [3.63, 3.8) is 0 Å². The summed E-state index contributed by atoms with van der Waals surface area (Å²) in [6.45, 7) is 0. The first kappa shape index (κ1) is 9.21. The van der Waals surface area contributed by atoms with Crippen molar-refractivity contribution in [2.24, 2.45) is 0 Å². The molecule has 2 heterocycles. The standard InChI is InChI=1S/C13H12N2O/c1-15-8-4-7-11(15)12-9-5-2-3-6-10(9)14-13(12)16/h2-6,8H,7H2,1H3,(H,14,16). The van der Waals surface area contributed by atoms with Gasteiger partial charge in [0.25, 0.3) is 5.91 Å². The van der Waals surface area contributed by atoms with E-state index in [4.69, 9.17) is 0 Å². The van der Waals surface area contributed by atoms with Gasteiger partial charge in [0.2, 0.25) is 0 Å². The number of hydrogen-bond donors (Lipinski definition) is 1. The van der Waals surface area contributed by atoms with Crippen molar-refractivity contribution in [2.75, 3.05) is 12.4 Å². The molecule has 3 rings (SSSR count). The van der Waals surface area contributed by atoms with E-state index >= 15 is 0 Å². The third kappa shape index (κ3) is 1.18.